The lowest BCUT2D eigenvalue weighted by molar-refractivity contribution is -0.137. The molecule has 3 heterocycles. The highest BCUT2D eigenvalue weighted by molar-refractivity contribution is 8.00. The number of halogens is 5. The fourth-order valence-corrected chi connectivity index (χ4v) is 8.64. The first-order valence-electron chi connectivity index (χ1n) is 13.2. The van der Waals surface area contributed by atoms with Crippen molar-refractivity contribution >= 4 is 75.4 Å². The number of para-hydroxylation sites is 2. The fraction of sp³-hybridized carbons (Fsp3) is 0.200. The smallest absolute Gasteiger partial charge is 0.418 e. The van der Waals surface area contributed by atoms with Gasteiger partial charge in [-0.3, -0.25) is 23.7 Å². The summed E-state index contributed by atoms with van der Waals surface area (Å²) in [5.41, 5.74) is -0.899. The van der Waals surface area contributed by atoms with Gasteiger partial charge in [0.05, 0.1) is 39.3 Å². The second-order valence-electron chi connectivity index (χ2n) is 10.1. The van der Waals surface area contributed by atoms with Gasteiger partial charge in [-0.15, -0.1) is 0 Å². The number of hydrogen-bond donors (Lipinski definition) is 1. The number of nitrogens with zero attached hydrogens (tertiary/aromatic N) is 2. The third kappa shape index (κ3) is 5.51. The SMILES string of the molecule is COc1ccccc1[C@@H]1c2sc(=O)n(CC(=O)Nc3ccc(Cl)c(Cl)c3)c2S[C@H]2C(=O)N(c3ccccc3C(F)(F)F)C(=O)[C@@H]12. The van der Waals surface area contributed by atoms with Gasteiger partial charge in [0, 0.05) is 22.0 Å². The molecule has 3 aromatic carbocycles. The highest BCUT2D eigenvalue weighted by atomic mass is 35.5. The van der Waals surface area contributed by atoms with E-state index in [1.54, 1.807) is 24.3 Å². The van der Waals surface area contributed by atoms with Crippen LogP contribution in [0.2, 0.25) is 10.0 Å². The minimum Gasteiger partial charge on any atom is -0.496 e. The highest BCUT2D eigenvalue weighted by Crippen LogP contribution is 2.55. The van der Waals surface area contributed by atoms with E-state index in [9.17, 15) is 32.3 Å². The largest absolute Gasteiger partial charge is 0.496 e. The van der Waals surface area contributed by atoms with Crippen molar-refractivity contribution in [3.8, 4) is 5.75 Å². The lowest BCUT2D eigenvalue weighted by atomic mass is 9.82. The molecule has 1 aromatic heterocycles. The second kappa shape index (κ2) is 11.9. The molecule has 45 heavy (non-hydrogen) atoms. The zero-order valence-electron chi connectivity index (χ0n) is 22.9. The molecule has 1 N–H and O–H groups in total. The molecule has 0 aliphatic carbocycles. The van der Waals surface area contributed by atoms with E-state index >= 15 is 0 Å². The van der Waals surface area contributed by atoms with Crippen LogP contribution in [0.15, 0.2) is 76.6 Å². The number of fused-ring (bicyclic) bond motifs is 2. The van der Waals surface area contributed by atoms with Crippen LogP contribution >= 0.6 is 46.3 Å². The molecule has 0 saturated carbocycles. The normalized spacial score (nSPS) is 19.3. The number of nitrogens with one attached hydrogen (secondary N) is 1. The van der Waals surface area contributed by atoms with Crippen LogP contribution < -0.4 is 19.8 Å². The van der Waals surface area contributed by atoms with E-state index in [0.717, 1.165) is 35.2 Å². The predicted molar refractivity (Wildman–Crippen MR) is 166 cm³/mol. The van der Waals surface area contributed by atoms with E-state index in [1.807, 2.05) is 0 Å². The molecule has 3 atom stereocenters. The first-order valence-corrected chi connectivity index (χ1v) is 15.7. The number of thiazole rings is 1. The number of hydrogen-bond acceptors (Lipinski definition) is 7. The van der Waals surface area contributed by atoms with Crippen molar-refractivity contribution in [2.75, 3.05) is 17.3 Å². The summed E-state index contributed by atoms with van der Waals surface area (Å²) >= 11 is 13.7. The molecule has 0 radical (unpaired) electrons. The van der Waals surface area contributed by atoms with E-state index in [-0.39, 0.29) is 15.1 Å². The summed E-state index contributed by atoms with van der Waals surface area (Å²) in [6.07, 6.45) is -4.83. The van der Waals surface area contributed by atoms with Crippen molar-refractivity contribution in [3.05, 3.63) is 102 Å². The number of alkyl halides is 3. The Morgan fingerprint density at radius 3 is 2.40 bits per heavy atom. The standard InChI is InChI=1S/C30H20Cl2F3N3O5S2/c1-43-20-9-5-2-6-15(20)22-23-24(27(41)38(26(23)40)19-8-4-3-7-16(19)30(33,34)35)44-28-25(22)45-29(42)37(28)13-21(39)36-14-10-11-17(31)18(32)12-14/h2-12,22-24H,13H2,1H3,(H,36,39)/t22-,23-,24+/m0/s1. The van der Waals surface area contributed by atoms with Crippen molar-refractivity contribution in [3.63, 3.8) is 0 Å². The number of benzene rings is 3. The van der Waals surface area contributed by atoms with Crippen LogP contribution in [0.5, 0.6) is 5.75 Å². The number of anilines is 2. The summed E-state index contributed by atoms with van der Waals surface area (Å²) in [4.78, 5) is 54.9. The summed E-state index contributed by atoms with van der Waals surface area (Å²) < 4.78 is 48.7. The number of rotatable bonds is 6. The number of thioether (sulfide) groups is 1. The van der Waals surface area contributed by atoms with Gasteiger partial charge in [0.2, 0.25) is 17.7 Å². The van der Waals surface area contributed by atoms with Gasteiger partial charge in [-0.1, -0.05) is 76.6 Å². The molecule has 1 saturated heterocycles. The fourth-order valence-electron chi connectivity index (χ4n) is 5.58. The van der Waals surface area contributed by atoms with Gasteiger partial charge in [-0.25, -0.2) is 4.90 Å². The van der Waals surface area contributed by atoms with E-state index < -0.39 is 63.7 Å². The maximum absolute atomic E-state index is 14.1. The van der Waals surface area contributed by atoms with Crippen LogP contribution in [-0.2, 0) is 27.1 Å². The van der Waals surface area contributed by atoms with Crippen LogP contribution in [0, 0.1) is 5.92 Å². The summed E-state index contributed by atoms with van der Waals surface area (Å²) in [5, 5.41) is 2.22. The molecule has 3 amide bonds. The van der Waals surface area contributed by atoms with Gasteiger partial charge >= 0.3 is 11.0 Å². The van der Waals surface area contributed by atoms with Crippen molar-refractivity contribution in [2.45, 2.75) is 28.9 Å². The third-order valence-corrected chi connectivity index (χ3v) is 10.8. The van der Waals surface area contributed by atoms with E-state index in [4.69, 9.17) is 27.9 Å². The van der Waals surface area contributed by atoms with Gasteiger partial charge in [0.1, 0.15) is 17.5 Å². The lowest BCUT2D eigenvalue weighted by Gasteiger charge is -2.31. The highest BCUT2D eigenvalue weighted by Gasteiger charge is 2.58. The number of methoxy groups -OCH3 is 1. The van der Waals surface area contributed by atoms with E-state index in [2.05, 4.69) is 5.32 Å². The molecule has 4 aromatic rings. The zero-order valence-corrected chi connectivity index (χ0v) is 26.1. The molecule has 232 valence electrons. The Morgan fingerprint density at radius 1 is 0.978 bits per heavy atom. The Labute approximate surface area is 271 Å². The number of ether oxygens (including phenoxy) is 1. The van der Waals surface area contributed by atoms with Crippen molar-refractivity contribution in [1.82, 2.24) is 4.57 Å². The van der Waals surface area contributed by atoms with Crippen LogP contribution in [0.25, 0.3) is 0 Å². The maximum Gasteiger partial charge on any atom is 0.418 e. The van der Waals surface area contributed by atoms with Crippen molar-refractivity contribution in [1.29, 1.82) is 0 Å². The first kappa shape index (κ1) is 31.2. The third-order valence-electron chi connectivity index (χ3n) is 7.48. The average Bonchev–Trinajstić information content (AvgIpc) is 3.44. The number of carbonyl (C=O) groups excluding carboxylic acids is 3. The second-order valence-corrected chi connectivity index (χ2v) is 13.0. The number of imide groups is 1. The van der Waals surface area contributed by atoms with Crippen molar-refractivity contribution < 1.29 is 32.3 Å². The summed E-state index contributed by atoms with van der Waals surface area (Å²) in [6.45, 7) is -0.448. The predicted octanol–water partition coefficient (Wildman–Crippen LogP) is 6.68. The summed E-state index contributed by atoms with van der Waals surface area (Å²) in [6, 6.07) is 15.6. The topological polar surface area (TPSA) is 97.7 Å². The molecule has 2 aliphatic rings. The Bertz CT molecular complexity index is 1930. The molecule has 2 aliphatic heterocycles. The van der Waals surface area contributed by atoms with Gasteiger partial charge in [0.15, 0.2) is 0 Å². The lowest BCUT2D eigenvalue weighted by Crippen LogP contribution is -2.33. The molecule has 6 rings (SSSR count). The van der Waals surface area contributed by atoms with Crippen LogP contribution in [-0.4, -0.2) is 34.6 Å². The molecular weight excluding hydrogens is 674 g/mol. The number of carbonyl (C=O) groups is 3. The van der Waals surface area contributed by atoms with E-state index in [1.165, 1.54) is 42.0 Å². The van der Waals surface area contributed by atoms with Crippen molar-refractivity contribution in [2.24, 2.45) is 5.92 Å². The van der Waals surface area contributed by atoms with Gasteiger partial charge in [0.25, 0.3) is 0 Å². The van der Waals surface area contributed by atoms with Crippen LogP contribution in [0.4, 0.5) is 24.5 Å². The average molecular weight is 695 g/mol. The first-order chi connectivity index (χ1) is 21.4. The van der Waals surface area contributed by atoms with E-state index in [0.29, 0.717) is 26.8 Å². The Hall–Kier alpha value is -3.78. The van der Waals surface area contributed by atoms with Gasteiger partial charge < -0.3 is 10.1 Å². The van der Waals surface area contributed by atoms with Crippen LogP contribution in [0.3, 0.4) is 0 Å². The molecule has 0 bridgehead atoms. The Balaban J connectivity index is 1.45. The quantitative estimate of drug-likeness (QED) is 0.227. The van der Waals surface area contributed by atoms with Gasteiger partial charge in [-0.05, 0) is 36.4 Å². The molecule has 0 unspecified atom stereocenters. The maximum atomic E-state index is 14.1. The van der Waals surface area contributed by atoms with Crippen LogP contribution in [0.1, 0.15) is 21.9 Å². The molecular formula is C30H20Cl2F3N3O5S2. The van der Waals surface area contributed by atoms with Gasteiger partial charge in [-0.2, -0.15) is 13.2 Å². The monoisotopic (exact) mass is 693 g/mol. The molecule has 1 fully saturated rings. The summed E-state index contributed by atoms with van der Waals surface area (Å²) in [7, 11) is 1.42. The molecule has 0 spiro atoms. The molecule has 8 nitrogen and oxygen atoms in total. The minimum absolute atomic E-state index is 0.210. The summed E-state index contributed by atoms with van der Waals surface area (Å²) in [5.74, 6) is -4.01. The zero-order chi connectivity index (χ0) is 32.2. The minimum atomic E-state index is -4.83. The number of aromatic nitrogens is 1. The Morgan fingerprint density at radius 2 is 1.69 bits per heavy atom. The Kier molecular flexibility index (Phi) is 8.23. The number of amides is 3. The molecule has 15 heteroatoms.